The van der Waals surface area contributed by atoms with Crippen LogP contribution in [0.2, 0.25) is 0 Å². The number of imidazole rings is 1. The van der Waals surface area contributed by atoms with Gasteiger partial charge in [-0.15, -0.1) is 0 Å². The number of rotatable bonds is 4. The van der Waals surface area contributed by atoms with Crippen LogP contribution < -0.4 is 10.1 Å². The van der Waals surface area contributed by atoms with Gasteiger partial charge in [-0.2, -0.15) is 15.0 Å². The highest BCUT2D eigenvalue weighted by Crippen LogP contribution is 2.12. The Labute approximate surface area is 98.9 Å². The average molecular weight is 234 g/mol. The van der Waals surface area contributed by atoms with Crippen molar-refractivity contribution in [3.05, 3.63) is 18.2 Å². The summed E-state index contributed by atoms with van der Waals surface area (Å²) in [5.74, 6) is 1.85. The molecule has 0 aromatic carbocycles. The Bertz CT molecular complexity index is 487. The molecule has 0 fully saturated rings. The Morgan fingerprint density at radius 1 is 1.35 bits per heavy atom. The molecule has 7 heteroatoms. The van der Waals surface area contributed by atoms with E-state index in [9.17, 15) is 0 Å². The fraction of sp³-hybridized carbons (Fsp3) is 0.400. The highest BCUT2D eigenvalue weighted by molar-refractivity contribution is 5.30. The monoisotopic (exact) mass is 234 g/mol. The summed E-state index contributed by atoms with van der Waals surface area (Å²) in [6, 6.07) is 0.273. The third kappa shape index (κ3) is 2.17. The molecule has 2 aromatic rings. The minimum absolute atomic E-state index is 0.273. The first kappa shape index (κ1) is 11.3. The quantitative estimate of drug-likeness (QED) is 0.837. The predicted molar refractivity (Wildman–Crippen MR) is 62.4 cm³/mol. The zero-order valence-corrected chi connectivity index (χ0v) is 10.0. The van der Waals surface area contributed by atoms with Gasteiger partial charge in [0.05, 0.1) is 7.11 Å². The summed E-state index contributed by atoms with van der Waals surface area (Å²) in [5, 5.41) is 2.87. The number of nitrogens with one attached hydrogen (secondary N) is 1. The van der Waals surface area contributed by atoms with E-state index in [1.165, 1.54) is 7.11 Å². The van der Waals surface area contributed by atoms with Crippen molar-refractivity contribution in [1.29, 1.82) is 0 Å². The maximum Gasteiger partial charge on any atom is 0.322 e. The molecule has 0 saturated heterocycles. The molecule has 0 bridgehead atoms. The Balaban J connectivity index is 2.51. The van der Waals surface area contributed by atoms with Crippen molar-refractivity contribution in [2.75, 3.05) is 19.5 Å². The number of nitrogens with zero attached hydrogens (tertiary/aromatic N) is 5. The van der Waals surface area contributed by atoms with Crippen molar-refractivity contribution in [3.63, 3.8) is 0 Å². The molecular formula is C10H14N6O. The lowest BCUT2D eigenvalue weighted by Gasteiger charge is -2.07. The fourth-order valence-electron chi connectivity index (χ4n) is 1.43. The zero-order valence-electron chi connectivity index (χ0n) is 10.0. The Morgan fingerprint density at radius 3 is 2.82 bits per heavy atom. The van der Waals surface area contributed by atoms with Crippen molar-refractivity contribution in [2.45, 2.75) is 13.3 Å². The van der Waals surface area contributed by atoms with Crippen molar-refractivity contribution in [3.8, 4) is 12.0 Å². The lowest BCUT2D eigenvalue weighted by Crippen LogP contribution is -2.09. The first-order valence-corrected chi connectivity index (χ1v) is 5.29. The lowest BCUT2D eigenvalue weighted by molar-refractivity contribution is 0.378. The van der Waals surface area contributed by atoms with Gasteiger partial charge in [0.2, 0.25) is 11.9 Å². The Morgan fingerprint density at radius 2 is 2.18 bits per heavy atom. The summed E-state index contributed by atoms with van der Waals surface area (Å²) in [6.07, 6.45) is 4.33. The van der Waals surface area contributed by atoms with E-state index in [2.05, 4.69) is 25.3 Å². The van der Waals surface area contributed by atoms with Gasteiger partial charge in [-0.1, -0.05) is 6.92 Å². The zero-order chi connectivity index (χ0) is 12.3. The molecule has 0 radical (unpaired) electrons. The second-order valence-corrected chi connectivity index (χ2v) is 3.26. The molecule has 0 saturated carbocycles. The van der Waals surface area contributed by atoms with Crippen molar-refractivity contribution < 1.29 is 4.74 Å². The average Bonchev–Trinajstić information content (AvgIpc) is 2.86. The van der Waals surface area contributed by atoms with E-state index in [1.807, 2.05) is 17.7 Å². The number of aryl methyl sites for hydroxylation is 1. The molecule has 0 aliphatic heterocycles. The van der Waals surface area contributed by atoms with E-state index in [0.717, 1.165) is 12.2 Å². The summed E-state index contributed by atoms with van der Waals surface area (Å²) in [6.45, 7) is 2.02. The number of anilines is 1. The molecule has 0 amide bonds. The van der Waals surface area contributed by atoms with Gasteiger partial charge >= 0.3 is 6.01 Å². The molecule has 2 heterocycles. The second kappa shape index (κ2) is 4.77. The van der Waals surface area contributed by atoms with Crippen LogP contribution in [0.5, 0.6) is 6.01 Å². The van der Waals surface area contributed by atoms with Gasteiger partial charge in [0.15, 0.2) is 0 Å². The standard InChI is InChI=1S/C10H14N6O/c1-4-7-12-5-6-16(7)9-13-8(11-2)14-10(15-9)17-3/h5-6H,4H2,1-3H3,(H,11,13,14,15). The number of aromatic nitrogens is 5. The first-order valence-electron chi connectivity index (χ1n) is 5.29. The minimum Gasteiger partial charge on any atom is -0.467 e. The van der Waals surface area contributed by atoms with Crippen LogP contribution in [0.15, 0.2) is 12.4 Å². The number of hydrogen-bond acceptors (Lipinski definition) is 6. The summed E-state index contributed by atoms with van der Waals surface area (Å²) >= 11 is 0. The van der Waals surface area contributed by atoms with Crippen LogP contribution in [0.1, 0.15) is 12.7 Å². The minimum atomic E-state index is 0.273. The summed E-state index contributed by atoms with van der Waals surface area (Å²) in [5.41, 5.74) is 0. The van der Waals surface area contributed by atoms with Gasteiger partial charge in [-0.05, 0) is 0 Å². The highest BCUT2D eigenvalue weighted by Gasteiger charge is 2.10. The van der Waals surface area contributed by atoms with Crippen molar-refractivity contribution in [1.82, 2.24) is 24.5 Å². The fourth-order valence-corrected chi connectivity index (χ4v) is 1.43. The van der Waals surface area contributed by atoms with Crippen LogP contribution in [-0.2, 0) is 6.42 Å². The van der Waals surface area contributed by atoms with Crippen LogP contribution in [0, 0.1) is 0 Å². The lowest BCUT2D eigenvalue weighted by atomic mass is 10.4. The molecule has 0 atom stereocenters. The third-order valence-corrected chi connectivity index (χ3v) is 2.26. The summed E-state index contributed by atoms with van der Waals surface area (Å²) in [4.78, 5) is 16.7. The molecule has 2 aromatic heterocycles. The van der Waals surface area contributed by atoms with Crippen LogP contribution >= 0.6 is 0 Å². The molecule has 0 unspecified atom stereocenters. The molecule has 0 aliphatic rings. The van der Waals surface area contributed by atoms with E-state index >= 15 is 0 Å². The summed E-state index contributed by atoms with van der Waals surface area (Å²) in [7, 11) is 3.26. The van der Waals surface area contributed by atoms with Crippen LogP contribution in [0.4, 0.5) is 5.95 Å². The number of ether oxygens (including phenoxy) is 1. The van der Waals surface area contributed by atoms with Crippen LogP contribution in [0.3, 0.4) is 0 Å². The molecule has 7 nitrogen and oxygen atoms in total. The molecule has 90 valence electrons. The summed E-state index contributed by atoms with van der Waals surface area (Å²) < 4.78 is 6.84. The van der Waals surface area contributed by atoms with Gasteiger partial charge in [0.1, 0.15) is 5.82 Å². The smallest absolute Gasteiger partial charge is 0.322 e. The molecule has 2 rings (SSSR count). The maximum atomic E-state index is 5.03. The van der Waals surface area contributed by atoms with Crippen LogP contribution in [-0.4, -0.2) is 38.7 Å². The van der Waals surface area contributed by atoms with Gasteiger partial charge < -0.3 is 10.1 Å². The molecule has 17 heavy (non-hydrogen) atoms. The van der Waals surface area contributed by atoms with Gasteiger partial charge in [-0.3, -0.25) is 4.57 Å². The van der Waals surface area contributed by atoms with E-state index < -0.39 is 0 Å². The third-order valence-electron chi connectivity index (χ3n) is 2.26. The van der Waals surface area contributed by atoms with Crippen molar-refractivity contribution >= 4 is 5.95 Å². The second-order valence-electron chi connectivity index (χ2n) is 3.26. The van der Waals surface area contributed by atoms with Gasteiger partial charge in [0.25, 0.3) is 0 Å². The number of methoxy groups -OCH3 is 1. The van der Waals surface area contributed by atoms with E-state index in [0.29, 0.717) is 11.9 Å². The predicted octanol–water partition coefficient (Wildman–Crippen LogP) is 0.670. The Hall–Kier alpha value is -2.18. The van der Waals surface area contributed by atoms with Gasteiger partial charge in [0, 0.05) is 25.9 Å². The topological polar surface area (TPSA) is 77.8 Å². The Kier molecular flexibility index (Phi) is 3.17. The first-order chi connectivity index (χ1) is 8.28. The van der Waals surface area contributed by atoms with E-state index in [1.54, 1.807) is 13.2 Å². The maximum absolute atomic E-state index is 5.03. The largest absolute Gasteiger partial charge is 0.467 e. The molecule has 0 aliphatic carbocycles. The molecular weight excluding hydrogens is 220 g/mol. The molecule has 0 spiro atoms. The number of hydrogen-bond donors (Lipinski definition) is 1. The van der Waals surface area contributed by atoms with E-state index in [-0.39, 0.29) is 6.01 Å². The van der Waals surface area contributed by atoms with Gasteiger partial charge in [-0.25, -0.2) is 4.98 Å². The van der Waals surface area contributed by atoms with Crippen LogP contribution in [0.25, 0.3) is 5.95 Å². The van der Waals surface area contributed by atoms with Crippen molar-refractivity contribution in [2.24, 2.45) is 0 Å². The highest BCUT2D eigenvalue weighted by atomic mass is 16.5. The SMILES string of the molecule is CCc1nccn1-c1nc(NC)nc(OC)n1. The van der Waals surface area contributed by atoms with E-state index in [4.69, 9.17) is 4.74 Å². The normalized spacial score (nSPS) is 10.3. The molecule has 1 N–H and O–H groups in total.